The van der Waals surface area contributed by atoms with Gasteiger partial charge in [0.15, 0.2) is 0 Å². The molecule has 1 saturated carbocycles. The number of anilines is 2. The number of nitriles is 1. The van der Waals surface area contributed by atoms with Crippen molar-refractivity contribution in [1.82, 2.24) is 21.0 Å². The Morgan fingerprint density at radius 1 is 1.28 bits per heavy atom. The molecular formula is C29H31ClFN7O. The van der Waals surface area contributed by atoms with E-state index in [1.807, 2.05) is 17.3 Å². The molecule has 6 rings (SSSR count). The molecular weight excluding hydrogens is 517 g/mol. The zero-order valence-corrected chi connectivity index (χ0v) is 22.6. The normalized spacial score (nSPS) is 22.3. The van der Waals surface area contributed by atoms with Crippen molar-refractivity contribution >= 4 is 33.9 Å². The van der Waals surface area contributed by atoms with Gasteiger partial charge < -0.3 is 20.8 Å². The van der Waals surface area contributed by atoms with Gasteiger partial charge in [0.2, 0.25) is 0 Å². The lowest BCUT2D eigenvalue weighted by Gasteiger charge is -2.39. The van der Waals surface area contributed by atoms with Crippen LogP contribution in [0.5, 0.6) is 0 Å². The quantitative estimate of drug-likeness (QED) is 0.303. The number of nitrogens with one attached hydrogen (secondary N) is 4. The summed E-state index contributed by atoms with van der Waals surface area (Å²) in [5, 5.41) is 19.9. The van der Waals surface area contributed by atoms with Crippen LogP contribution in [0.1, 0.15) is 51.6 Å². The number of nitrogens with zero attached hydrogens (tertiary/aromatic N) is 3. The Morgan fingerprint density at radius 3 is 2.79 bits per heavy atom. The molecule has 4 N–H and O–H groups in total. The molecule has 8 nitrogen and oxygen atoms in total. The van der Waals surface area contributed by atoms with Crippen LogP contribution in [0.2, 0.25) is 5.02 Å². The summed E-state index contributed by atoms with van der Waals surface area (Å²) < 4.78 is 29.2. The molecule has 3 heterocycles. The van der Waals surface area contributed by atoms with E-state index in [0.29, 0.717) is 63.4 Å². The predicted molar refractivity (Wildman–Crippen MR) is 150 cm³/mol. The molecule has 1 aliphatic carbocycles. The van der Waals surface area contributed by atoms with Gasteiger partial charge in [0.1, 0.15) is 11.9 Å². The van der Waals surface area contributed by atoms with E-state index in [1.165, 1.54) is 18.3 Å². The average molecular weight is 549 g/mol. The summed E-state index contributed by atoms with van der Waals surface area (Å²) in [7, 11) is 0. The number of rotatable bonds is 7. The number of hydrogen-bond donors (Lipinski definition) is 4. The third-order valence-corrected chi connectivity index (χ3v) is 7.82. The number of ether oxygens (including phenoxy) is 1. The van der Waals surface area contributed by atoms with Crippen LogP contribution in [0.3, 0.4) is 0 Å². The number of halogens is 2. The van der Waals surface area contributed by atoms with Crippen molar-refractivity contribution in [2.45, 2.75) is 51.2 Å². The maximum Gasteiger partial charge on any atom is 0.123 e. The molecule has 2 aliphatic heterocycles. The molecule has 3 aliphatic rings. The lowest BCUT2D eigenvalue weighted by Crippen LogP contribution is -2.44. The number of hydrazine groups is 2. The first-order chi connectivity index (χ1) is 19.2. The highest BCUT2D eigenvalue weighted by molar-refractivity contribution is 6.35. The highest BCUT2D eigenvalue weighted by atomic mass is 35.5. The molecule has 2 atom stereocenters. The molecule has 0 bridgehead atoms. The van der Waals surface area contributed by atoms with E-state index in [1.54, 1.807) is 18.2 Å². The van der Waals surface area contributed by atoms with Crippen molar-refractivity contribution in [1.29, 1.82) is 5.26 Å². The van der Waals surface area contributed by atoms with Crippen molar-refractivity contribution < 1.29 is 10.5 Å². The third-order valence-electron chi connectivity index (χ3n) is 7.53. The van der Waals surface area contributed by atoms with Crippen LogP contribution >= 0.6 is 11.6 Å². The fourth-order valence-electron chi connectivity index (χ4n) is 5.10. The summed E-state index contributed by atoms with van der Waals surface area (Å²) in [4.78, 5) is 4.48. The minimum Gasteiger partial charge on any atom is -0.381 e. The fraction of sp³-hybridized carbons (Fsp3) is 0.379. The van der Waals surface area contributed by atoms with Gasteiger partial charge in [-0.05, 0) is 49.1 Å². The van der Waals surface area contributed by atoms with Crippen LogP contribution < -0.4 is 21.6 Å². The van der Waals surface area contributed by atoms with E-state index in [0.717, 1.165) is 19.3 Å². The van der Waals surface area contributed by atoms with Crippen LogP contribution in [-0.4, -0.2) is 35.3 Å². The molecule has 0 unspecified atom stereocenters. The van der Waals surface area contributed by atoms with Crippen LogP contribution in [0, 0.1) is 22.6 Å². The molecule has 2 fully saturated rings. The summed E-state index contributed by atoms with van der Waals surface area (Å²) in [6.07, 6.45) is 6.34. The lowest BCUT2D eigenvalue weighted by molar-refractivity contribution is 0.00350. The number of benzene rings is 2. The van der Waals surface area contributed by atoms with Crippen molar-refractivity contribution in [3.8, 4) is 6.07 Å². The molecule has 39 heavy (non-hydrogen) atoms. The van der Waals surface area contributed by atoms with Gasteiger partial charge >= 0.3 is 0 Å². The summed E-state index contributed by atoms with van der Waals surface area (Å²) in [5.74, 6) is -0.382. The van der Waals surface area contributed by atoms with Crippen molar-refractivity contribution in [2.75, 3.05) is 23.8 Å². The minimum atomic E-state index is -1.52. The number of hydrogen-bond acceptors (Lipinski definition) is 8. The van der Waals surface area contributed by atoms with Crippen LogP contribution in [0.25, 0.3) is 10.9 Å². The van der Waals surface area contributed by atoms with E-state index >= 15 is 0 Å². The van der Waals surface area contributed by atoms with Crippen molar-refractivity contribution in [3.63, 3.8) is 0 Å². The van der Waals surface area contributed by atoms with Crippen molar-refractivity contribution in [2.24, 2.45) is 5.41 Å². The smallest absolute Gasteiger partial charge is 0.123 e. The average Bonchev–Trinajstić information content (AvgIpc) is 3.65. The molecule has 10 heteroatoms. The van der Waals surface area contributed by atoms with Crippen LogP contribution in [0.15, 0.2) is 54.5 Å². The maximum atomic E-state index is 13.8. The Kier molecular flexibility index (Phi) is 6.39. The highest BCUT2D eigenvalue weighted by Gasteiger charge is 2.34. The van der Waals surface area contributed by atoms with Crippen molar-refractivity contribution in [3.05, 3.63) is 76.5 Å². The van der Waals surface area contributed by atoms with Gasteiger partial charge in [-0.2, -0.15) is 5.26 Å². The number of fused-ring (bicyclic) bond motifs is 1. The van der Waals surface area contributed by atoms with Crippen LogP contribution in [0.4, 0.5) is 15.8 Å². The zero-order valence-electron chi connectivity index (χ0n) is 22.8. The lowest BCUT2D eigenvalue weighted by atomic mass is 9.81. The van der Waals surface area contributed by atoms with E-state index in [-0.39, 0.29) is 17.3 Å². The molecule has 202 valence electrons. The van der Waals surface area contributed by atoms with Crippen LogP contribution in [-0.2, 0) is 4.74 Å². The Balaban J connectivity index is 1.43. The molecule has 0 spiro atoms. The fourth-order valence-corrected chi connectivity index (χ4v) is 5.37. The molecule has 0 radical (unpaired) electrons. The standard InChI is InChI=1S/C29H31ClFN7O/c1-29(2)16-39-10-9-25(29)35-26-18(13-32)14-33-28-22(26)11-20(12-23(28)30)34-27(17-3-5-19(31)6-4-17)24-15-38(37-36-24)21-7-8-21/h3-6,11-12,14-15,21,25,27,34,36-37H,7-10,16H2,1-2H3,(H,33,35)/t25-,27+/m0/s1/i27D. The van der Waals surface area contributed by atoms with Gasteiger partial charge in [-0.3, -0.25) is 9.99 Å². The first-order valence-electron chi connectivity index (χ1n) is 13.6. The van der Waals surface area contributed by atoms with Gasteiger partial charge in [-0.1, -0.05) is 37.6 Å². The van der Waals surface area contributed by atoms with E-state index in [2.05, 4.69) is 46.5 Å². The summed E-state index contributed by atoms with van der Waals surface area (Å²) in [5.41, 5.74) is 9.34. The number of pyridine rings is 1. The van der Waals surface area contributed by atoms with Gasteiger partial charge in [0.05, 0.1) is 41.5 Å². The Hall–Kier alpha value is -3.58. The SMILES string of the molecule is [2H][C@](Nc1cc(Cl)c2ncc(C#N)c(N[C@H]3CCOCC3(C)C)c2c1)(C1=CN(C2CC2)NN1)c1ccc(F)cc1. The third kappa shape index (κ3) is 5.20. The number of aromatic nitrogens is 1. The topological polar surface area (TPSA) is 97.3 Å². The largest absolute Gasteiger partial charge is 0.381 e. The maximum absolute atomic E-state index is 13.8. The second kappa shape index (κ2) is 10.2. The molecule has 1 aromatic heterocycles. The molecule has 2 aromatic carbocycles. The highest BCUT2D eigenvalue weighted by Crippen LogP contribution is 2.39. The van der Waals surface area contributed by atoms with Gasteiger partial charge in [0, 0.05) is 47.6 Å². The Morgan fingerprint density at radius 2 is 2.08 bits per heavy atom. The summed E-state index contributed by atoms with van der Waals surface area (Å²) in [6, 6.07) is 10.6. The zero-order chi connectivity index (χ0) is 28.1. The second-order valence-corrected chi connectivity index (χ2v) is 11.4. The Bertz CT molecular complexity index is 1520. The second-order valence-electron chi connectivity index (χ2n) is 11.0. The molecule has 3 aromatic rings. The Labute approximate surface area is 233 Å². The van der Waals surface area contributed by atoms with E-state index in [9.17, 15) is 11.0 Å². The molecule has 0 amide bonds. The summed E-state index contributed by atoms with van der Waals surface area (Å²) >= 11 is 6.76. The van der Waals surface area contributed by atoms with Gasteiger partial charge in [0.25, 0.3) is 0 Å². The van der Waals surface area contributed by atoms with E-state index in [4.69, 9.17) is 16.3 Å². The van der Waals surface area contributed by atoms with Gasteiger partial charge in [-0.25, -0.2) is 4.39 Å². The van der Waals surface area contributed by atoms with E-state index < -0.39 is 6.02 Å². The van der Waals surface area contributed by atoms with Gasteiger partial charge in [-0.15, -0.1) is 5.53 Å². The minimum absolute atomic E-state index is 0.0659. The summed E-state index contributed by atoms with van der Waals surface area (Å²) in [6.45, 7) is 5.51. The molecule has 1 saturated heterocycles. The first-order valence-corrected chi connectivity index (χ1v) is 13.5. The predicted octanol–water partition coefficient (Wildman–Crippen LogP) is 5.61. The monoisotopic (exact) mass is 548 g/mol. The first kappa shape index (κ1) is 24.5.